The highest BCUT2D eigenvalue weighted by Crippen LogP contribution is 2.24. The van der Waals surface area contributed by atoms with Crippen LogP contribution >= 0.6 is 11.6 Å². The number of amides is 1. The normalized spacial score (nSPS) is 16.7. The Balaban J connectivity index is 1.51. The molecule has 2 aromatic rings. The average molecular weight is 362 g/mol. The van der Waals surface area contributed by atoms with E-state index in [1.807, 2.05) is 29.2 Å². The standard InChI is InChI=1S/C18H20ClN3O3/c1-24-17-18(21-9-8-20-17)25-15-7-10-22(12-15)16(23)6-5-13-3-2-4-14(19)11-13/h2-4,8-9,11,15H,5-7,10,12H2,1H3. The summed E-state index contributed by atoms with van der Waals surface area (Å²) >= 11 is 5.97. The third-order valence-corrected chi connectivity index (χ3v) is 4.35. The summed E-state index contributed by atoms with van der Waals surface area (Å²) in [5, 5.41) is 0.692. The molecule has 0 spiro atoms. The monoisotopic (exact) mass is 361 g/mol. The summed E-state index contributed by atoms with van der Waals surface area (Å²) < 4.78 is 11.0. The summed E-state index contributed by atoms with van der Waals surface area (Å²) in [6.45, 7) is 1.23. The van der Waals surface area contributed by atoms with Gasteiger partial charge < -0.3 is 14.4 Å². The van der Waals surface area contributed by atoms with Crippen LogP contribution in [0.5, 0.6) is 11.8 Å². The van der Waals surface area contributed by atoms with Crippen molar-refractivity contribution in [1.29, 1.82) is 0 Å². The Morgan fingerprint density at radius 1 is 1.32 bits per heavy atom. The lowest BCUT2D eigenvalue weighted by Crippen LogP contribution is -2.31. The van der Waals surface area contributed by atoms with Gasteiger partial charge in [0.1, 0.15) is 6.10 Å². The number of nitrogens with zero attached hydrogens (tertiary/aromatic N) is 3. The van der Waals surface area contributed by atoms with Gasteiger partial charge in [-0.05, 0) is 24.1 Å². The largest absolute Gasteiger partial charge is 0.477 e. The molecule has 1 aliphatic rings. The van der Waals surface area contributed by atoms with Gasteiger partial charge in [-0.3, -0.25) is 4.79 Å². The summed E-state index contributed by atoms with van der Waals surface area (Å²) in [7, 11) is 1.52. The molecular weight excluding hydrogens is 342 g/mol. The molecule has 1 unspecified atom stereocenters. The maximum absolute atomic E-state index is 12.4. The summed E-state index contributed by atoms with van der Waals surface area (Å²) in [6.07, 6.45) is 4.91. The van der Waals surface area contributed by atoms with Gasteiger partial charge in [-0.1, -0.05) is 23.7 Å². The number of likely N-dealkylation sites (tertiary alicyclic amines) is 1. The Hall–Kier alpha value is -2.34. The van der Waals surface area contributed by atoms with E-state index < -0.39 is 0 Å². The molecule has 0 radical (unpaired) electrons. The number of aryl methyl sites for hydroxylation is 1. The van der Waals surface area contributed by atoms with Crippen molar-refractivity contribution in [3.05, 3.63) is 47.2 Å². The fraction of sp³-hybridized carbons (Fsp3) is 0.389. The first-order valence-electron chi connectivity index (χ1n) is 8.19. The molecule has 1 saturated heterocycles. The van der Waals surface area contributed by atoms with Crippen LogP contribution in [0.25, 0.3) is 0 Å². The van der Waals surface area contributed by atoms with Crippen molar-refractivity contribution in [3.63, 3.8) is 0 Å². The van der Waals surface area contributed by atoms with Crippen LogP contribution in [0.2, 0.25) is 5.02 Å². The summed E-state index contributed by atoms with van der Waals surface area (Å²) in [4.78, 5) is 22.4. The smallest absolute Gasteiger partial charge is 0.278 e. The second-order valence-electron chi connectivity index (χ2n) is 5.87. The minimum atomic E-state index is -0.0966. The van der Waals surface area contributed by atoms with E-state index >= 15 is 0 Å². The van der Waals surface area contributed by atoms with Crippen molar-refractivity contribution >= 4 is 17.5 Å². The zero-order valence-electron chi connectivity index (χ0n) is 14.0. The van der Waals surface area contributed by atoms with Gasteiger partial charge in [0.05, 0.1) is 13.7 Å². The summed E-state index contributed by atoms with van der Waals surface area (Å²) in [5.74, 6) is 0.841. The lowest BCUT2D eigenvalue weighted by molar-refractivity contribution is -0.130. The molecule has 0 bridgehead atoms. The van der Waals surface area contributed by atoms with Gasteiger partial charge in [-0.2, -0.15) is 0 Å². The van der Waals surface area contributed by atoms with Gasteiger partial charge in [0.2, 0.25) is 5.91 Å². The lowest BCUT2D eigenvalue weighted by atomic mass is 10.1. The van der Waals surface area contributed by atoms with E-state index in [9.17, 15) is 4.79 Å². The number of aromatic nitrogens is 2. The molecule has 1 fully saturated rings. The zero-order valence-corrected chi connectivity index (χ0v) is 14.8. The predicted molar refractivity (Wildman–Crippen MR) is 94.0 cm³/mol. The Morgan fingerprint density at radius 2 is 2.12 bits per heavy atom. The third kappa shape index (κ3) is 4.60. The summed E-state index contributed by atoms with van der Waals surface area (Å²) in [5.41, 5.74) is 1.07. The molecule has 25 heavy (non-hydrogen) atoms. The molecule has 2 heterocycles. The summed E-state index contributed by atoms with van der Waals surface area (Å²) in [6, 6.07) is 7.60. The molecule has 3 rings (SSSR count). The second kappa shape index (κ2) is 8.16. The first-order valence-corrected chi connectivity index (χ1v) is 8.57. The number of benzene rings is 1. The molecule has 6 nitrogen and oxygen atoms in total. The quantitative estimate of drug-likeness (QED) is 0.791. The van der Waals surface area contributed by atoms with Crippen molar-refractivity contribution < 1.29 is 14.3 Å². The predicted octanol–water partition coefficient (Wildman–Crippen LogP) is 2.75. The number of carbonyl (C=O) groups is 1. The van der Waals surface area contributed by atoms with Crippen LogP contribution in [0.4, 0.5) is 0 Å². The molecule has 7 heteroatoms. The van der Waals surface area contributed by atoms with Crippen LogP contribution in [0.15, 0.2) is 36.7 Å². The molecule has 1 amide bonds. The number of rotatable bonds is 6. The Kier molecular flexibility index (Phi) is 5.71. The molecule has 1 aliphatic heterocycles. The fourth-order valence-electron chi connectivity index (χ4n) is 2.84. The SMILES string of the molecule is COc1nccnc1OC1CCN(C(=O)CCc2cccc(Cl)c2)C1. The van der Waals surface area contributed by atoms with Gasteiger partial charge in [0.25, 0.3) is 11.8 Å². The highest BCUT2D eigenvalue weighted by molar-refractivity contribution is 6.30. The number of methoxy groups -OCH3 is 1. The number of ether oxygens (including phenoxy) is 2. The molecule has 132 valence electrons. The van der Waals surface area contributed by atoms with E-state index in [1.54, 1.807) is 12.4 Å². The Labute approximate surface area is 151 Å². The molecule has 1 aromatic heterocycles. The van der Waals surface area contributed by atoms with Gasteiger partial charge >= 0.3 is 0 Å². The third-order valence-electron chi connectivity index (χ3n) is 4.12. The Morgan fingerprint density at radius 3 is 2.88 bits per heavy atom. The van der Waals surface area contributed by atoms with Crippen LogP contribution in [-0.4, -0.2) is 47.1 Å². The van der Waals surface area contributed by atoms with E-state index in [0.717, 1.165) is 12.0 Å². The van der Waals surface area contributed by atoms with E-state index in [0.29, 0.717) is 42.7 Å². The van der Waals surface area contributed by atoms with Gasteiger partial charge in [0, 0.05) is 36.8 Å². The maximum atomic E-state index is 12.4. The van der Waals surface area contributed by atoms with Crippen molar-refractivity contribution in [2.24, 2.45) is 0 Å². The molecule has 0 aliphatic carbocycles. The molecular formula is C18H20ClN3O3. The minimum Gasteiger partial charge on any atom is -0.477 e. The van der Waals surface area contributed by atoms with E-state index in [4.69, 9.17) is 21.1 Å². The van der Waals surface area contributed by atoms with Crippen LogP contribution in [0, 0.1) is 0 Å². The topological polar surface area (TPSA) is 64.6 Å². The minimum absolute atomic E-state index is 0.0966. The molecule has 1 aromatic carbocycles. The highest BCUT2D eigenvalue weighted by atomic mass is 35.5. The van der Waals surface area contributed by atoms with Crippen molar-refractivity contribution in [2.45, 2.75) is 25.4 Å². The van der Waals surface area contributed by atoms with Crippen LogP contribution < -0.4 is 9.47 Å². The van der Waals surface area contributed by atoms with Crippen molar-refractivity contribution in [3.8, 4) is 11.8 Å². The zero-order chi connectivity index (χ0) is 17.6. The molecule has 0 N–H and O–H groups in total. The van der Waals surface area contributed by atoms with Crippen LogP contribution in [-0.2, 0) is 11.2 Å². The fourth-order valence-corrected chi connectivity index (χ4v) is 3.06. The van der Waals surface area contributed by atoms with Crippen LogP contribution in [0.3, 0.4) is 0 Å². The van der Waals surface area contributed by atoms with Gasteiger partial charge in [-0.15, -0.1) is 0 Å². The number of hydrogen-bond acceptors (Lipinski definition) is 5. The second-order valence-corrected chi connectivity index (χ2v) is 6.31. The first kappa shape index (κ1) is 17.5. The number of carbonyl (C=O) groups excluding carboxylic acids is 1. The Bertz CT molecular complexity index is 741. The van der Waals surface area contributed by atoms with Crippen molar-refractivity contribution in [2.75, 3.05) is 20.2 Å². The molecule has 0 saturated carbocycles. The van der Waals surface area contributed by atoms with Gasteiger partial charge in [-0.25, -0.2) is 9.97 Å². The maximum Gasteiger partial charge on any atom is 0.278 e. The van der Waals surface area contributed by atoms with Gasteiger partial charge in [0.15, 0.2) is 0 Å². The van der Waals surface area contributed by atoms with Crippen molar-refractivity contribution in [1.82, 2.24) is 14.9 Å². The first-order chi connectivity index (χ1) is 12.2. The van der Waals surface area contributed by atoms with E-state index in [1.165, 1.54) is 7.11 Å². The highest BCUT2D eigenvalue weighted by Gasteiger charge is 2.28. The average Bonchev–Trinajstić information content (AvgIpc) is 3.09. The molecule has 1 atom stereocenters. The van der Waals surface area contributed by atoms with E-state index in [-0.39, 0.29) is 12.0 Å². The number of hydrogen-bond donors (Lipinski definition) is 0. The van der Waals surface area contributed by atoms with Crippen LogP contribution in [0.1, 0.15) is 18.4 Å². The number of halogens is 1. The lowest BCUT2D eigenvalue weighted by Gasteiger charge is -2.17. The van der Waals surface area contributed by atoms with E-state index in [2.05, 4.69) is 9.97 Å².